The Morgan fingerprint density at radius 1 is 1.26 bits per heavy atom. The fourth-order valence-electron chi connectivity index (χ4n) is 2.10. The van der Waals surface area contributed by atoms with Gasteiger partial charge in [-0.05, 0) is 17.7 Å². The number of nitrogens with one attached hydrogen (secondary N) is 1. The molecule has 0 aliphatic carbocycles. The average Bonchev–Trinajstić information content (AvgIpc) is 3.06. The summed E-state index contributed by atoms with van der Waals surface area (Å²) >= 11 is 1.48. The smallest absolute Gasteiger partial charge is 0.352 e. The monoisotopic (exact) mass is 339 g/mol. The largest absolute Gasteiger partial charge is 0.416 e. The quantitative estimate of drug-likeness (QED) is 0.793. The van der Waals surface area contributed by atoms with Gasteiger partial charge in [0.05, 0.1) is 17.7 Å². The van der Waals surface area contributed by atoms with E-state index in [1.807, 2.05) is 16.0 Å². The van der Waals surface area contributed by atoms with Crippen LogP contribution in [-0.2, 0) is 23.9 Å². The van der Waals surface area contributed by atoms with Crippen LogP contribution in [0.15, 0.2) is 42.0 Å². The van der Waals surface area contributed by atoms with Crippen molar-refractivity contribution in [1.29, 1.82) is 0 Å². The number of carbonyl (C=O) groups excluding carboxylic acids is 1. The molecule has 8 heteroatoms. The minimum absolute atomic E-state index is 0.134. The van der Waals surface area contributed by atoms with E-state index in [4.69, 9.17) is 0 Å². The molecule has 120 valence electrons. The number of benzene rings is 1. The van der Waals surface area contributed by atoms with E-state index in [0.29, 0.717) is 11.3 Å². The summed E-state index contributed by atoms with van der Waals surface area (Å²) in [5.74, 6) is -0.226. The molecule has 1 aromatic carbocycles. The van der Waals surface area contributed by atoms with Gasteiger partial charge < -0.3 is 5.32 Å². The number of aromatic nitrogens is 2. The number of imidazole rings is 1. The maximum absolute atomic E-state index is 12.5. The first-order chi connectivity index (χ1) is 10.9. The first-order valence-electron chi connectivity index (χ1n) is 6.76. The molecule has 0 unspecified atom stereocenters. The molecule has 0 bridgehead atoms. The van der Waals surface area contributed by atoms with Crippen LogP contribution in [0.1, 0.15) is 16.8 Å². The molecule has 0 spiro atoms. The maximum atomic E-state index is 12.5. The first-order valence-corrected chi connectivity index (χ1v) is 7.64. The van der Waals surface area contributed by atoms with E-state index in [1.165, 1.54) is 23.5 Å². The minimum atomic E-state index is -4.35. The van der Waals surface area contributed by atoms with Gasteiger partial charge in [-0.1, -0.05) is 12.1 Å². The number of fused-ring (bicyclic) bond motifs is 1. The van der Waals surface area contributed by atoms with Gasteiger partial charge >= 0.3 is 6.18 Å². The second-order valence-corrected chi connectivity index (χ2v) is 5.85. The van der Waals surface area contributed by atoms with Gasteiger partial charge in [-0.3, -0.25) is 9.20 Å². The van der Waals surface area contributed by atoms with Gasteiger partial charge in [0.25, 0.3) is 0 Å². The summed E-state index contributed by atoms with van der Waals surface area (Å²) in [4.78, 5) is 17.0. The van der Waals surface area contributed by atoms with E-state index < -0.39 is 11.7 Å². The fourth-order valence-corrected chi connectivity index (χ4v) is 2.82. The van der Waals surface area contributed by atoms with E-state index in [9.17, 15) is 18.0 Å². The van der Waals surface area contributed by atoms with Crippen LogP contribution in [0.4, 0.5) is 13.2 Å². The van der Waals surface area contributed by atoms with Gasteiger partial charge in [0, 0.05) is 24.3 Å². The summed E-state index contributed by atoms with van der Waals surface area (Å²) in [5.41, 5.74) is 0.560. The topological polar surface area (TPSA) is 46.4 Å². The molecule has 3 aromatic rings. The van der Waals surface area contributed by atoms with Gasteiger partial charge in [0.2, 0.25) is 5.91 Å². The van der Waals surface area contributed by atoms with Crippen molar-refractivity contribution in [3.8, 4) is 0 Å². The minimum Gasteiger partial charge on any atom is -0.352 e. The lowest BCUT2D eigenvalue weighted by molar-refractivity contribution is -0.137. The van der Waals surface area contributed by atoms with Crippen molar-refractivity contribution in [3.63, 3.8) is 0 Å². The molecule has 0 atom stereocenters. The predicted octanol–water partition coefficient (Wildman–Crippen LogP) is 3.27. The summed E-state index contributed by atoms with van der Waals surface area (Å²) < 4.78 is 39.2. The molecule has 0 saturated heterocycles. The lowest BCUT2D eigenvalue weighted by atomic mass is 10.1. The van der Waals surface area contributed by atoms with Crippen LogP contribution in [0, 0.1) is 0 Å². The molecular formula is C15H12F3N3OS. The van der Waals surface area contributed by atoms with Gasteiger partial charge in [0.15, 0.2) is 4.96 Å². The third kappa shape index (κ3) is 3.70. The lowest BCUT2D eigenvalue weighted by Crippen LogP contribution is -2.24. The van der Waals surface area contributed by atoms with Crippen LogP contribution in [0.2, 0.25) is 0 Å². The Kier molecular flexibility index (Phi) is 4.08. The standard InChI is InChI=1S/C15H12F3N3OS/c16-15(17,18)11-3-1-10(2-4-11)8-19-13(22)7-12-9-21-5-6-23-14(21)20-12/h1-6,9H,7-8H2,(H,19,22). The molecule has 0 aliphatic rings. The van der Waals surface area contributed by atoms with Crippen LogP contribution >= 0.6 is 11.3 Å². The maximum Gasteiger partial charge on any atom is 0.416 e. The molecular weight excluding hydrogens is 327 g/mol. The highest BCUT2D eigenvalue weighted by molar-refractivity contribution is 7.15. The van der Waals surface area contributed by atoms with Crippen molar-refractivity contribution in [2.75, 3.05) is 0 Å². The van der Waals surface area contributed by atoms with Crippen LogP contribution in [0.25, 0.3) is 4.96 Å². The normalized spacial score (nSPS) is 11.8. The zero-order valence-corrected chi connectivity index (χ0v) is 12.6. The summed E-state index contributed by atoms with van der Waals surface area (Å²) in [7, 11) is 0. The molecule has 0 saturated carbocycles. The number of amides is 1. The fraction of sp³-hybridized carbons (Fsp3) is 0.200. The van der Waals surface area contributed by atoms with Crippen molar-refractivity contribution in [2.45, 2.75) is 19.1 Å². The molecule has 3 rings (SSSR count). The van der Waals surface area contributed by atoms with Crippen molar-refractivity contribution >= 4 is 22.2 Å². The molecule has 4 nitrogen and oxygen atoms in total. The molecule has 2 aromatic heterocycles. The first kappa shape index (κ1) is 15.5. The van der Waals surface area contributed by atoms with Gasteiger partial charge in [-0.2, -0.15) is 13.2 Å². The van der Waals surface area contributed by atoms with Crippen LogP contribution < -0.4 is 5.32 Å². The Morgan fingerprint density at radius 2 is 2.00 bits per heavy atom. The molecule has 0 aliphatic heterocycles. The second kappa shape index (κ2) is 6.04. The molecule has 1 amide bonds. The summed E-state index contributed by atoms with van der Waals surface area (Å²) in [6.45, 7) is 0.180. The Hall–Kier alpha value is -2.35. The number of hydrogen-bond donors (Lipinski definition) is 1. The van der Waals surface area contributed by atoms with E-state index in [1.54, 1.807) is 6.20 Å². The van der Waals surface area contributed by atoms with Crippen molar-refractivity contribution in [1.82, 2.24) is 14.7 Å². The number of rotatable bonds is 4. The van der Waals surface area contributed by atoms with Crippen LogP contribution in [0.5, 0.6) is 0 Å². The van der Waals surface area contributed by atoms with E-state index in [2.05, 4.69) is 10.3 Å². The zero-order chi connectivity index (χ0) is 16.4. The Balaban J connectivity index is 1.55. The van der Waals surface area contributed by atoms with Crippen LogP contribution in [-0.4, -0.2) is 15.3 Å². The SMILES string of the molecule is O=C(Cc1cn2ccsc2n1)NCc1ccc(C(F)(F)F)cc1. The van der Waals surface area contributed by atoms with Crippen molar-refractivity contribution < 1.29 is 18.0 Å². The molecule has 0 fully saturated rings. The van der Waals surface area contributed by atoms with Crippen molar-refractivity contribution in [3.05, 3.63) is 58.9 Å². The van der Waals surface area contributed by atoms with Crippen molar-refractivity contribution in [2.24, 2.45) is 0 Å². The lowest BCUT2D eigenvalue weighted by Gasteiger charge is -2.08. The highest BCUT2D eigenvalue weighted by Gasteiger charge is 2.29. The van der Waals surface area contributed by atoms with E-state index >= 15 is 0 Å². The van der Waals surface area contributed by atoms with Gasteiger partial charge in [-0.15, -0.1) is 11.3 Å². The summed E-state index contributed by atoms with van der Waals surface area (Å²) in [6.07, 6.45) is -0.578. The third-order valence-corrected chi connectivity index (χ3v) is 4.03. The highest BCUT2D eigenvalue weighted by atomic mass is 32.1. The molecule has 1 N–H and O–H groups in total. The molecule has 0 radical (unpaired) electrons. The van der Waals surface area contributed by atoms with Gasteiger partial charge in [0.1, 0.15) is 0 Å². The summed E-state index contributed by atoms with van der Waals surface area (Å²) in [6, 6.07) is 4.72. The number of thiazole rings is 1. The Bertz CT molecular complexity index is 792. The van der Waals surface area contributed by atoms with Crippen LogP contribution in [0.3, 0.4) is 0 Å². The zero-order valence-electron chi connectivity index (χ0n) is 11.8. The average molecular weight is 339 g/mol. The second-order valence-electron chi connectivity index (χ2n) is 4.97. The number of carbonyl (C=O) groups is 1. The Morgan fingerprint density at radius 3 is 2.65 bits per heavy atom. The molecule has 2 heterocycles. The number of hydrogen-bond acceptors (Lipinski definition) is 3. The number of halogens is 3. The third-order valence-electron chi connectivity index (χ3n) is 3.26. The number of alkyl halides is 3. The van der Waals surface area contributed by atoms with E-state index in [0.717, 1.165) is 17.1 Å². The predicted molar refractivity (Wildman–Crippen MR) is 80.1 cm³/mol. The highest BCUT2D eigenvalue weighted by Crippen LogP contribution is 2.29. The van der Waals surface area contributed by atoms with Gasteiger partial charge in [-0.25, -0.2) is 4.98 Å². The molecule has 23 heavy (non-hydrogen) atoms. The summed E-state index contributed by atoms with van der Waals surface area (Å²) in [5, 5.41) is 4.58. The van der Waals surface area contributed by atoms with E-state index in [-0.39, 0.29) is 18.9 Å². The number of nitrogens with zero attached hydrogens (tertiary/aromatic N) is 2. The Labute approximate surface area is 133 Å².